The third kappa shape index (κ3) is 4.94. The molecular weight excluding hydrogens is 366 g/mol. The average molecular weight is 389 g/mol. The number of carbonyl (C=O) groups is 1. The second-order valence-electron chi connectivity index (χ2n) is 6.76. The van der Waals surface area contributed by atoms with Crippen molar-refractivity contribution in [3.63, 3.8) is 0 Å². The van der Waals surface area contributed by atoms with E-state index in [0.29, 0.717) is 5.69 Å². The summed E-state index contributed by atoms with van der Waals surface area (Å²) in [6.07, 6.45) is 2.23. The molecule has 1 aromatic heterocycles. The molecule has 9 heteroatoms. The number of carbonyl (C=O) groups excluding carboxylic acids is 1. The highest BCUT2D eigenvalue weighted by Crippen LogP contribution is 2.22. The largest absolute Gasteiger partial charge is 0.355 e. The monoisotopic (exact) mass is 389 g/mol. The molecule has 1 aliphatic rings. The first-order valence-corrected chi connectivity index (χ1v) is 10.3. The summed E-state index contributed by atoms with van der Waals surface area (Å²) in [5.41, 5.74) is 0.529. The molecule has 1 aliphatic heterocycles. The zero-order chi connectivity index (χ0) is 19.4. The van der Waals surface area contributed by atoms with Gasteiger partial charge in [0.05, 0.1) is 4.90 Å². The third-order valence-electron chi connectivity index (χ3n) is 4.48. The van der Waals surface area contributed by atoms with Crippen LogP contribution in [0.5, 0.6) is 0 Å². The van der Waals surface area contributed by atoms with E-state index in [1.54, 1.807) is 12.1 Å². The molecule has 8 nitrogen and oxygen atoms in total. The Balaban J connectivity index is 1.67. The van der Waals surface area contributed by atoms with Crippen molar-refractivity contribution in [3.05, 3.63) is 36.4 Å². The zero-order valence-electron chi connectivity index (χ0n) is 15.3. The Morgan fingerprint density at radius 1 is 1.07 bits per heavy atom. The van der Waals surface area contributed by atoms with E-state index in [0.717, 1.165) is 37.7 Å². The van der Waals surface area contributed by atoms with E-state index < -0.39 is 10.0 Å². The first-order chi connectivity index (χ1) is 12.8. The fourth-order valence-electron chi connectivity index (χ4n) is 2.90. The lowest BCUT2D eigenvalue weighted by Crippen LogP contribution is -2.33. The number of rotatable bonds is 5. The van der Waals surface area contributed by atoms with Crippen molar-refractivity contribution in [1.29, 1.82) is 0 Å². The summed E-state index contributed by atoms with van der Waals surface area (Å²) < 4.78 is 27.4. The van der Waals surface area contributed by atoms with Gasteiger partial charge in [0.1, 0.15) is 0 Å². The van der Waals surface area contributed by atoms with E-state index >= 15 is 0 Å². The molecule has 27 heavy (non-hydrogen) atoms. The Morgan fingerprint density at radius 3 is 2.30 bits per heavy atom. The molecule has 2 N–H and O–H groups in total. The minimum Gasteiger partial charge on any atom is -0.355 e. The number of amides is 1. The van der Waals surface area contributed by atoms with Crippen molar-refractivity contribution >= 4 is 33.3 Å². The lowest BCUT2D eigenvalue weighted by Gasteiger charge is -2.30. The maximum atomic E-state index is 12.5. The number of nitrogens with one attached hydrogen (secondary N) is 2. The smallest absolute Gasteiger partial charge is 0.263 e. The molecule has 0 spiro atoms. The van der Waals surface area contributed by atoms with Crippen LogP contribution in [-0.4, -0.2) is 37.6 Å². The van der Waals surface area contributed by atoms with Crippen molar-refractivity contribution in [2.75, 3.05) is 28.0 Å². The molecule has 1 aromatic carbocycles. The molecule has 0 bridgehead atoms. The van der Waals surface area contributed by atoms with Crippen LogP contribution in [0.4, 0.5) is 17.3 Å². The molecule has 2 aromatic rings. The maximum Gasteiger partial charge on any atom is 0.263 e. The number of nitrogens with zero attached hydrogens (tertiary/aromatic N) is 3. The van der Waals surface area contributed by atoms with Gasteiger partial charge in [-0.2, -0.15) is 0 Å². The maximum absolute atomic E-state index is 12.5. The molecule has 1 saturated heterocycles. The van der Waals surface area contributed by atoms with Crippen molar-refractivity contribution in [3.8, 4) is 0 Å². The van der Waals surface area contributed by atoms with E-state index in [9.17, 15) is 13.2 Å². The molecule has 0 radical (unpaired) electrons. The van der Waals surface area contributed by atoms with E-state index in [4.69, 9.17) is 0 Å². The minimum atomic E-state index is -3.78. The van der Waals surface area contributed by atoms with Gasteiger partial charge in [0, 0.05) is 25.7 Å². The van der Waals surface area contributed by atoms with Crippen LogP contribution in [-0.2, 0) is 14.8 Å². The van der Waals surface area contributed by atoms with Crippen LogP contribution in [0.1, 0.15) is 26.7 Å². The van der Waals surface area contributed by atoms with Crippen molar-refractivity contribution in [2.45, 2.75) is 31.6 Å². The molecule has 0 unspecified atom stereocenters. The highest BCUT2D eigenvalue weighted by Gasteiger charge is 2.18. The van der Waals surface area contributed by atoms with E-state index in [1.165, 1.54) is 31.2 Å². The fourth-order valence-corrected chi connectivity index (χ4v) is 3.90. The highest BCUT2D eigenvalue weighted by molar-refractivity contribution is 7.92. The standard InChI is InChI=1S/C18H23N5O3S/c1-13-9-11-23(12-10-13)18-8-7-17(20-21-18)22-27(25,26)16-5-3-15(4-6-16)19-14(2)24/h3-8,13H,9-12H2,1-2H3,(H,19,24)(H,20,22). The Labute approximate surface area is 159 Å². The molecule has 3 rings (SSSR count). The van der Waals surface area contributed by atoms with Gasteiger partial charge >= 0.3 is 0 Å². The summed E-state index contributed by atoms with van der Waals surface area (Å²) in [6.45, 7) is 5.49. The normalized spacial score (nSPS) is 15.4. The number of hydrogen-bond acceptors (Lipinski definition) is 6. The second kappa shape index (κ2) is 7.91. The Hall–Kier alpha value is -2.68. The number of anilines is 3. The first-order valence-electron chi connectivity index (χ1n) is 8.82. The SMILES string of the molecule is CC(=O)Nc1ccc(S(=O)(=O)Nc2ccc(N3CCC(C)CC3)nn2)cc1. The van der Waals surface area contributed by atoms with Crippen LogP contribution in [0, 0.1) is 5.92 Å². The Morgan fingerprint density at radius 2 is 1.74 bits per heavy atom. The van der Waals surface area contributed by atoms with E-state index in [2.05, 4.69) is 32.1 Å². The van der Waals surface area contributed by atoms with Gasteiger partial charge in [0.25, 0.3) is 10.0 Å². The Bertz CT molecular complexity index is 890. The van der Waals surface area contributed by atoms with Gasteiger partial charge in [-0.05, 0) is 55.2 Å². The van der Waals surface area contributed by atoms with Crippen molar-refractivity contribution in [1.82, 2.24) is 10.2 Å². The predicted molar refractivity (Wildman–Crippen MR) is 104 cm³/mol. The minimum absolute atomic E-state index is 0.0764. The second-order valence-corrected chi connectivity index (χ2v) is 8.44. The van der Waals surface area contributed by atoms with Crippen LogP contribution in [0.2, 0.25) is 0 Å². The topological polar surface area (TPSA) is 104 Å². The summed E-state index contributed by atoms with van der Waals surface area (Å²) in [4.78, 5) is 13.3. The summed E-state index contributed by atoms with van der Waals surface area (Å²) >= 11 is 0. The van der Waals surface area contributed by atoms with Gasteiger partial charge < -0.3 is 10.2 Å². The highest BCUT2D eigenvalue weighted by atomic mass is 32.2. The molecular formula is C18H23N5O3S. The number of sulfonamides is 1. The number of piperidine rings is 1. The average Bonchev–Trinajstić information content (AvgIpc) is 2.63. The summed E-state index contributed by atoms with van der Waals surface area (Å²) in [5, 5.41) is 10.7. The summed E-state index contributed by atoms with van der Waals surface area (Å²) in [6, 6.07) is 9.29. The van der Waals surface area contributed by atoms with Gasteiger partial charge in [-0.3, -0.25) is 9.52 Å². The van der Waals surface area contributed by atoms with Gasteiger partial charge in [0.15, 0.2) is 11.6 Å². The third-order valence-corrected chi connectivity index (χ3v) is 5.85. The van der Waals surface area contributed by atoms with Crippen LogP contribution in [0.3, 0.4) is 0 Å². The quantitative estimate of drug-likeness (QED) is 0.814. The van der Waals surface area contributed by atoms with Gasteiger partial charge in [-0.1, -0.05) is 6.92 Å². The van der Waals surface area contributed by atoms with Crippen LogP contribution < -0.4 is 14.9 Å². The zero-order valence-corrected chi connectivity index (χ0v) is 16.2. The molecule has 2 heterocycles. The summed E-state index contributed by atoms with van der Waals surface area (Å²) in [5.74, 6) is 1.42. The lowest BCUT2D eigenvalue weighted by atomic mass is 9.99. The van der Waals surface area contributed by atoms with Gasteiger partial charge in [-0.25, -0.2) is 8.42 Å². The first kappa shape index (κ1) is 19.1. The number of hydrogen-bond donors (Lipinski definition) is 2. The fraction of sp³-hybridized carbons (Fsp3) is 0.389. The molecule has 0 aliphatic carbocycles. The molecule has 1 fully saturated rings. The summed E-state index contributed by atoms with van der Waals surface area (Å²) in [7, 11) is -3.78. The van der Waals surface area contributed by atoms with E-state index in [1.807, 2.05) is 0 Å². The lowest BCUT2D eigenvalue weighted by molar-refractivity contribution is -0.114. The molecule has 1 amide bonds. The van der Waals surface area contributed by atoms with Crippen LogP contribution >= 0.6 is 0 Å². The van der Waals surface area contributed by atoms with Gasteiger partial charge in [-0.15, -0.1) is 10.2 Å². The van der Waals surface area contributed by atoms with Crippen molar-refractivity contribution < 1.29 is 13.2 Å². The number of aromatic nitrogens is 2. The van der Waals surface area contributed by atoms with E-state index in [-0.39, 0.29) is 16.6 Å². The van der Waals surface area contributed by atoms with Crippen molar-refractivity contribution in [2.24, 2.45) is 5.92 Å². The molecule has 144 valence electrons. The van der Waals surface area contributed by atoms with Crippen LogP contribution in [0.25, 0.3) is 0 Å². The predicted octanol–water partition coefficient (Wildman–Crippen LogP) is 2.47. The molecule has 0 atom stereocenters. The number of benzene rings is 1. The van der Waals surface area contributed by atoms with Crippen LogP contribution in [0.15, 0.2) is 41.3 Å². The van der Waals surface area contributed by atoms with Gasteiger partial charge in [0.2, 0.25) is 5.91 Å². The Kier molecular flexibility index (Phi) is 5.59. The molecule has 0 saturated carbocycles.